The predicted molar refractivity (Wildman–Crippen MR) is 41.8 cm³/mol. The molecule has 1 heterocycles. The van der Waals surface area contributed by atoms with Gasteiger partial charge in [-0.25, -0.2) is 4.98 Å². The Morgan fingerprint density at radius 2 is 2.70 bits per heavy atom. The van der Waals surface area contributed by atoms with Crippen LogP contribution in [0.4, 0.5) is 0 Å². The van der Waals surface area contributed by atoms with Crippen LogP contribution >= 0.6 is 11.3 Å². The zero-order valence-corrected chi connectivity index (χ0v) is 6.73. The number of hydrogen-bond acceptors (Lipinski definition) is 3. The molecular weight excluding hydrogens is 146 g/mol. The second-order valence-electron chi connectivity index (χ2n) is 2.19. The average Bonchev–Trinajstić information content (AvgIpc) is 2.38. The Morgan fingerprint density at radius 1 is 1.90 bits per heavy atom. The van der Waals surface area contributed by atoms with Crippen LogP contribution in [0.3, 0.4) is 0 Å². The lowest BCUT2D eigenvalue weighted by atomic mass is 10.1. The highest BCUT2D eigenvalue weighted by Gasteiger charge is 2.05. The standard InChI is InChI=1S/C7H10NOS/c1-6(3-9-2)7-4-10-5-8-7/h4-6H,2-3H2,1H3. The third-order valence-corrected chi connectivity index (χ3v) is 1.93. The Hall–Kier alpha value is -0.410. The third kappa shape index (κ3) is 1.78. The third-order valence-electron chi connectivity index (χ3n) is 1.32. The van der Waals surface area contributed by atoms with Gasteiger partial charge in [0.25, 0.3) is 0 Å². The fraction of sp³-hybridized carbons (Fsp3) is 0.429. The van der Waals surface area contributed by atoms with Crippen LogP contribution in [-0.4, -0.2) is 11.6 Å². The summed E-state index contributed by atoms with van der Waals surface area (Å²) in [6.45, 7) is 2.71. The van der Waals surface area contributed by atoms with Crippen molar-refractivity contribution in [3.8, 4) is 0 Å². The Labute approximate surface area is 64.9 Å². The van der Waals surface area contributed by atoms with Crippen LogP contribution in [0, 0.1) is 7.11 Å². The minimum atomic E-state index is 0.365. The minimum absolute atomic E-state index is 0.365. The smallest absolute Gasteiger partial charge is 0.0794 e. The summed E-state index contributed by atoms with van der Waals surface area (Å²) in [5.41, 5.74) is 2.92. The highest BCUT2D eigenvalue weighted by Crippen LogP contribution is 2.14. The molecule has 1 atom stereocenters. The van der Waals surface area contributed by atoms with Crippen molar-refractivity contribution in [3.63, 3.8) is 0 Å². The van der Waals surface area contributed by atoms with Gasteiger partial charge in [-0.05, 0) is 0 Å². The van der Waals surface area contributed by atoms with E-state index in [-0.39, 0.29) is 0 Å². The van der Waals surface area contributed by atoms with Gasteiger partial charge in [-0.2, -0.15) is 0 Å². The fourth-order valence-electron chi connectivity index (χ4n) is 0.727. The monoisotopic (exact) mass is 156 g/mol. The van der Waals surface area contributed by atoms with Crippen molar-refractivity contribution >= 4 is 11.3 Å². The first kappa shape index (κ1) is 7.69. The van der Waals surface area contributed by atoms with E-state index in [0.717, 1.165) is 5.69 Å². The molecule has 0 amide bonds. The van der Waals surface area contributed by atoms with E-state index in [9.17, 15) is 0 Å². The maximum atomic E-state index is 4.74. The molecule has 1 rings (SSSR count). The van der Waals surface area contributed by atoms with Gasteiger partial charge in [-0.1, -0.05) is 6.92 Å². The molecule has 0 saturated carbocycles. The van der Waals surface area contributed by atoms with Gasteiger partial charge in [0.15, 0.2) is 0 Å². The second kappa shape index (κ2) is 3.68. The number of thiazole rings is 1. The quantitative estimate of drug-likeness (QED) is 0.668. The van der Waals surface area contributed by atoms with Gasteiger partial charge >= 0.3 is 0 Å². The van der Waals surface area contributed by atoms with E-state index < -0.39 is 0 Å². The minimum Gasteiger partial charge on any atom is -0.378 e. The topological polar surface area (TPSA) is 22.1 Å². The van der Waals surface area contributed by atoms with Gasteiger partial charge < -0.3 is 4.74 Å². The summed E-state index contributed by atoms with van der Waals surface area (Å²) < 4.78 is 4.74. The molecule has 10 heavy (non-hydrogen) atoms. The molecule has 0 fully saturated rings. The first-order valence-corrected chi connectivity index (χ1v) is 4.04. The van der Waals surface area contributed by atoms with E-state index in [0.29, 0.717) is 12.5 Å². The summed E-state index contributed by atoms with van der Waals surface area (Å²) >= 11 is 1.61. The van der Waals surface area contributed by atoms with E-state index in [1.165, 1.54) is 0 Å². The maximum absolute atomic E-state index is 4.74. The number of rotatable bonds is 3. The Bertz CT molecular complexity index is 174. The van der Waals surface area contributed by atoms with E-state index in [1.807, 2.05) is 10.9 Å². The molecule has 3 heteroatoms. The molecule has 1 radical (unpaired) electrons. The molecule has 0 aliphatic carbocycles. The number of hydrogen-bond donors (Lipinski definition) is 0. The molecule has 1 aromatic heterocycles. The van der Waals surface area contributed by atoms with Crippen LogP contribution in [0.1, 0.15) is 18.5 Å². The zero-order valence-electron chi connectivity index (χ0n) is 5.91. The van der Waals surface area contributed by atoms with Crippen LogP contribution in [-0.2, 0) is 4.74 Å². The molecule has 0 spiro atoms. The molecule has 1 aromatic rings. The van der Waals surface area contributed by atoms with Crippen molar-refractivity contribution in [1.29, 1.82) is 0 Å². The SMILES string of the molecule is [CH2]OCC(C)c1cscn1. The molecule has 0 aliphatic rings. The highest BCUT2D eigenvalue weighted by atomic mass is 32.1. The summed E-state index contributed by atoms with van der Waals surface area (Å²) in [7, 11) is 3.31. The first-order chi connectivity index (χ1) is 4.84. The van der Waals surface area contributed by atoms with Crippen molar-refractivity contribution in [3.05, 3.63) is 23.7 Å². The van der Waals surface area contributed by atoms with Crippen LogP contribution < -0.4 is 0 Å². The molecule has 0 aromatic carbocycles. The van der Waals surface area contributed by atoms with E-state index >= 15 is 0 Å². The molecule has 1 unspecified atom stereocenters. The summed E-state index contributed by atoms with van der Waals surface area (Å²) in [4.78, 5) is 4.15. The van der Waals surface area contributed by atoms with Crippen LogP contribution in [0.2, 0.25) is 0 Å². The summed E-state index contributed by atoms with van der Waals surface area (Å²) in [6.07, 6.45) is 0. The maximum Gasteiger partial charge on any atom is 0.0794 e. The van der Waals surface area contributed by atoms with E-state index in [1.54, 1.807) is 11.3 Å². The molecule has 0 saturated heterocycles. The Kier molecular flexibility index (Phi) is 2.83. The van der Waals surface area contributed by atoms with Crippen molar-refractivity contribution in [2.45, 2.75) is 12.8 Å². The van der Waals surface area contributed by atoms with E-state index in [4.69, 9.17) is 4.74 Å². The fourth-order valence-corrected chi connectivity index (χ4v) is 1.40. The molecule has 0 N–H and O–H groups in total. The normalized spacial score (nSPS) is 13.4. The van der Waals surface area contributed by atoms with Gasteiger partial charge in [-0.3, -0.25) is 0 Å². The number of nitrogens with zero attached hydrogens (tertiary/aromatic N) is 1. The van der Waals surface area contributed by atoms with Crippen molar-refractivity contribution in [2.75, 3.05) is 6.61 Å². The highest BCUT2D eigenvalue weighted by molar-refractivity contribution is 7.07. The average molecular weight is 156 g/mol. The van der Waals surface area contributed by atoms with Gasteiger partial charge in [0, 0.05) is 11.3 Å². The Morgan fingerprint density at radius 3 is 3.20 bits per heavy atom. The Balaban J connectivity index is 2.50. The predicted octanol–water partition coefficient (Wildman–Crippen LogP) is 2.05. The van der Waals surface area contributed by atoms with Crippen molar-refractivity contribution in [1.82, 2.24) is 4.98 Å². The first-order valence-electron chi connectivity index (χ1n) is 3.09. The summed E-state index contributed by atoms with van der Waals surface area (Å²) in [6, 6.07) is 0. The van der Waals surface area contributed by atoms with Crippen LogP contribution in [0.15, 0.2) is 10.9 Å². The van der Waals surface area contributed by atoms with Crippen LogP contribution in [0.25, 0.3) is 0 Å². The molecular formula is C7H10NOS. The van der Waals surface area contributed by atoms with Gasteiger partial charge in [0.2, 0.25) is 0 Å². The van der Waals surface area contributed by atoms with Gasteiger partial charge in [-0.15, -0.1) is 11.3 Å². The van der Waals surface area contributed by atoms with Gasteiger partial charge in [0.1, 0.15) is 0 Å². The number of ether oxygens (including phenoxy) is 1. The number of aromatic nitrogens is 1. The second-order valence-corrected chi connectivity index (χ2v) is 2.90. The zero-order chi connectivity index (χ0) is 7.40. The lowest BCUT2D eigenvalue weighted by Gasteiger charge is -2.04. The van der Waals surface area contributed by atoms with Crippen molar-refractivity contribution in [2.24, 2.45) is 0 Å². The summed E-state index contributed by atoms with van der Waals surface area (Å²) in [5.74, 6) is 0.365. The molecule has 55 valence electrons. The summed E-state index contributed by atoms with van der Waals surface area (Å²) in [5, 5.41) is 2.03. The molecule has 0 bridgehead atoms. The van der Waals surface area contributed by atoms with Gasteiger partial charge in [0.05, 0.1) is 24.9 Å². The largest absolute Gasteiger partial charge is 0.378 e. The molecule has 2 nitrogen and oxygen atoms in total. The van der Waals surface area contributed by atoms with E-state index in [2.05, 4.69) is 19.0 Å². The lowest BCUT2D eigenvalue weighted by molar-refractivity contribution is 0.224. The lowest BCUT2D eigenvalue weighted by Crippen LogP contribution is -2.00. The van der Waals surface area contributed by atoms with Crippen molar-refractivity contribution < 1.29 is 4.74 Å². The molecule has 0 aliphatic heterocycles. The van der Waals surface area contributed by atoms with Crippen LogP contribution in [0.5, 0.6) is 0 Å².